The number of aromatic hydroxyl groups is 1. The van der Waals surface area contributed by atoms with Crippen LogP contribution < -0.4 is 4.74 Å². The second-order valence-electron chi connectivity index (χ2n) is 6.46. The van der Waals surface area contributed by atoms with E-state index in [1.165, 1.54) is 0 Å². The predicted molar refractivity (Wildman–Crippen MR) is 92.4 cm³/mol. The highest BCUT2D eigenvalue weighted by atomic mass is 16.5. The fourth-order valence-electron chi connectivity index (χ4n) is 2.55. The fourth-order valence-corrected chi connectivity index (χ4v) is 2.55. The Hall–Kier alpha value is -2.29. The van der Waals surface area contributed by atoms with Crippen molar-refractivity contribution in [3.8, 4) is 11.5 Å². The Bertz CT molecular complexity index is 686. The van der Waals surface area contributed by atoms with Crippen LogP contribution in [0, 0.1) is 6.92 Å². The average Bonchev–Trinajstić information content (AvgIpc) is 2.48. The third-order valence-corrected chi connectivity index (χ3v) is 3.96. The summed E-state index contributed by atoms with van der Waals surface area (Å²) < 4.78 is 5.57. The van der Waals surface area contributed by atoms with Gasteiger partial charge in [-0.15, -0.1) is 0 Å². The summed E-state index contributed by atoms with van der Waals surface area (Å²) in [5, 5.41) is 10.4. The number of rotatable bonds is 4. The summed E-state index contributed by atoms with van der Waals surface area (Å²) in [6, 6.07) is 10.8. The number of esters is 1. The molecule has 0 heterocycles. The lowest BCUT2D eigenvalue weighted by Crippen LogP contribution is -2.11. The molecular weight excluding hydrogens is 288 g/mol. The number of hydrogen-bond donors (Lipinski definition) is 1. The van der Waals surface area contributed by atoms with E-state index in [0.29, 0.717) is 17.1 Å². The lowest BCUT2D eigenvalue weighted by atomic mass is 9.93. The number of benzene rings is 2. The van der Waals surface area contributed by atoms with Gasteiger partial charge in [-0.25, -0.2) is 4.79 Å². The summed E-state index contributed by atoms with van der Waals surface area (Å²) in [4.78, 5) is 12.4. The molecule has 0 unspecified atom stereocenters. The Labute approximate surface area is 137 Å². The van der Waals surface area contributed by atoms with E-state index in [1.54, 1.807) is 18.2 Å². The molecule has 3 nitrogen and oxygen atoms in total. The number of phenolic OH excluding ortho intramolecular Hbond substituents is 1. The fraction of sp³-hybridized carbons (Fsp3) is 0.350. The largest absolute Gasteiger partial charge is 0.507 e. The monoisotopic (exact) mass is 312 g/mol. The Morgan fingerprint density at radius 3 is 2.00 bits per heavy atom. The highest BCUT2D eigenvalue weighted by Crippen LogP contribution is 2.37. The van der Waals surface area contributed by atoms with Crippen molar-refractivity contribution >= 4 is 5.97 Å². The van der Waals surface area contributed by atoms with E-state index in [-0.39, 0.29) is 17.8 Å². The first-order valence-electron chi connectivity index (χ1n) is 7.95. The molecule has 23 heavy (non-hydrogen) atoms. The molecule has 2 aromatic carbocycles. The molecule has 122 valence electrons. The minimum absolute atomic E-state index is 0.143. The van der Waals surface area contributed by atoms with Crippen LogP contribution in [0.3, 0.4) is 0 Å². The lowest BCUT2D eigenvalue weighted by molar-refractivity contribution is 0.0733. The van der Waals surface area contributed by atoms with Crippen molar-refractivity contribution in [2.24, 2.45) is 0 Å². The molecule has 2 rings (SSSR count). The molecule has 0 aliphatic rings. The van der Waals surface area contributed by atoms with Crippen molar-refractivity contribution in [3.05, 3.63) is 58.7 Å². The first-order chi connectivity index (χ1) is 10.8. The molecule has 0 atom stereocenters. The highest BCUT2D eigenvalue weighted by molar-refractivity contribution is 5.92. The van der Waals surface area contributed by atoms with Gasteiger partial charge in [-0.2, -0.15) is 0 Å². The van der Waals surface area contributed by atoms with Crippen LogP contribution in [-0.4, -0.2) is 11.1 Å². The molecule has 0 saturated heterocycles. The topological polar surface area (TPSA) is 46.5 Å². The van der Waals surface area contributed by atoms with Gasteiger partial charge in [0, 0.05) is 11.1 Å². The zero-order chi connectivity index (χ0) is 17.1. The van der Waals surface area contributed by atoms with Crippen molar-refractivity contribution in [2.45, 2.75) is 46.5 Å². The summed E-state index contributed by atoms with van der Waals surface area (Å²) in [6.45, 7) is 9.91. The van der Waals surface area contributed by atoms with Crippen LogP contribution in [-0.2, 0) is 0 Å². The second kappa shape index (κ2) is 6.86. The van der Waals surface area contributed by atoms with Crippen LogP contribution >= 0.6 is 0 Å². The number of carbonyl (C=O) groups excluding carboxylic acids is 1. The minimum atomic E-state index is -0.377. The van der Waals surface area contributed by atoms with Gasteiger partial charge in [-0.3, -0.25) is 0 Å². The Morgan fingerprint density at radius 1 is 1.00 bits per heavy atom. The van der Waals surface area contributed by atoms with Crippen LogP contribution in [0.5, 0.6) is 11.5 Å². The summed E-state index contributed by atoms with van der Waals surface area (Å²) >= 11 is 0. The van der Waals surface area contributed by atoms with Gasteiger partial charge in [-0.05, 0) is 42.5 Å². The van der Waals surface area contributed by atoms with Gasteiger partial charge in [0.1, 0.15) is 11.5 Å². The van der Waals surface area contributed by atoms with Gasteiger partial charge in [0.25, 0.3) is 0 Å². The third-order valence-electron chi connectivity index (χ3n) is 3.96. The molecule has 0 bridgehead atoms. The Morgan fingerprint density at radius 2 is 1.52 bits per heavy atom. The SMILES string of the molecule is Cc1ccccc1C(=O)Oc1cc(C(C)C)c(O)c(C(C)C)c1. The molecule has 0 aliphatic carbocycles. The molecule has 0 aliphatic heterocycles. The quantitative estimate of drug-likeness (QED) is 0.626. The predicted octanol–water partition coefficient (Wildman–Crippen LogP) is 5.17. The van der Waals surface area contributed by atoms with Crippen molar-refractivity contribution < 1.29 is 14.6 Å². The standard InChI is InChI=1S/C20H24O3/c1-12(2)17-10-15(11-18(13(3)4)19(17)21)23-20(22)16-9-7-6-8-14(16)5/h6-13,21H,1-5H3. The van der Waals surface area contributed by atoms with Crippen molar-refractivity contribution in [1.82, 2.24) is 0 Å². The zero-order valence-electron chi connectivity index (χ0n) is 14.4. The van der Waals surface area contributed by atoms with E-state index in [4.69, 9.17) is 4.74 Å². The maximum atomic E-state index is 12.4. The average molecular weight is 312 g/mol. The smallest absolute Gasteiger partial charge is 0.343 e. The summed E-state index contributed by atoms with van der Waals surface area (Å²) in [7, 11) is 0. The highest BCUT2D eigenvalue weighted by Gasteiger charge is 2.18. The minimum Gasteiger partial charge on any atom is -0.507 e. The maximum absolute atomic E-state index is 12.4. The molecule has 2 aromatic rings. The number of phenols is 1. The molecule has 0 fully saturated rings. The van der Waals surface area contributed by atoms with E-state index in [9.17, 15) is 9.90 Å². The first kappa shape index (κ1) is 17.1. The van der Waals surface area contributed by atoms with E-state index >= 15 is 0 Å². The maximum Gasteiger partial charge on any atom is 0.343 e. The molecule has 1 N–H and O–H groups in total. The zero-order valence-corrected chi connectivity index (χ0v) is 14.4. The van der Waals surface area contributed by atoms with Gasteiger partial charge >= 0.3 is 5.97 Å². The van der Waals surface area contributed by atoms with Crippen LogP contribution in [0.15, 0.2) is 36.4 Å². The molecule has 0 spiro atoms. The summed E-state index contributed by atoms with van der Waals surface area (Å²) in [5.41, 5.74) is 3.02. The molecule has 0 aromatic heterocycles. The van der Waals surface area contributed by atoms with Crippen molar-refractivity contribution in [2.75, 3.05) is 0 Å². The normalized spacial score (nSPS) is 11.1. The summed E-state index contributed by atoms with van der Waals surface area (Å²) in [6.07, 6.45) is 0. The molecule has 0 saturated carbocycles. The van der Waals surface area contributed by atoms with Crippen molar-refractivity contribution in [3.63, 3.8) is 0 Å². The van der Waals surface area contributed by atoms with Crippen molar-refractivity contribution in [1.29, 1.82) is 0 Å². The number of aryl methyl sites for hydroxylation is 1. The van der Waals surface area contributed by atoms with Crippen LogP contribution in [0.25, 0.3) is 0 Å². The van der Waals surface area contributed by atoms with E-state index in [2.05, 4.69) is 0 Å². The number of hydrogen-bond acceptors (Lipinski definition) is 3. The van der Waals surface area contributed by atoms with Gasteiger partial charge in [0.15, 0.2) is 0 Å². The number of carbonyl (C=O) groups is 1. The lowest BCUT2D eigenvalue weighted by Gasteiger charge is -2.17. The molecular formula is C20H24O3. The van der Waals surface area contributed by atoms with Gasteiger partial charge in [0.2, 0.25) is 0 Å². The van der Waals surface area contributed by atoms with E-state index in [1.807, 2.05) is 52.8 Å². The summed E-state index contributed by atoms with van der Waals surface area (Å²) in [5.74, 6) is 0.682. The van der Waals surface area contributed by atoms with Crippen LogP contribution in [0.4, 0.5) is 0 Å². The molecule has 0 amide bonds. The van der Waals surface area contributed by atoms with E-state index in [0.717, 1.165) is 16.7 Å². The second-order valence-corrected chi connectivity index (χ2v) is 6.46. The van der Waals surface area contributed by atoms with Gasteiger partial charge in [0.05, 0.1) is 5.56 Å². The van der Waals surface area contributed by atoms with E-state index < -0.39 is 0 Å². The molecule has 0 radical (unpaired) electrons. The van der Waals surface area contributed by atoms with Gasteiger partial charge < -0.3 is 9.84 Å². The first-order valence-corrected chi connectivity index (χ1v) is 7.95. The van der Waals surface area contributed by atoms with Crippen LogP contribution in [0.2, 0.25) is 0 Å². The number of ether oxygens (including phenoxy) is 1. The van der Waals surface area contributed by atoms with Crippen LogP contribution in [0.1, 0.15) is 66.6 Å². The molecule has 3 heteroatoms. The Balaban J connectivity index is 2.40. The Kier molecular flexibility index (Phi) is 5.09. The third kappa shape index (κ3) is 3.73. The van der Waals surface area contributed by atoms with Gasteiger partial charge in [-0.1, -0.05) is 45.9 Å².